The zero-order valence-electron chi connectivity index (χ0n) is 17.6. The van der Waals surface area contributed by atoms with Crippen molar-refractivity contribution in [3.05, 3.63) is 102 Å². The Morgan fingerprint density at radius 1 is 1.03 bits per heavy atom. The van der Waals surface area contributed by atoms with Gasteiger partial charge in [-0.3, -0.25) is 14.5 Å². The molecule has 1 aliphatic rings. The van der Waals surface area contributed by atoms with Crippen molar-refractivity contribution in [2.75, 3.05) is 12.0 Å². The summed E-state index contributed by atoms with van der Waals surface area (Å²) in [5.74, 6) is -1.96. The molecule has 0 spiro atoms. The molecule has 1 atom stereocenters. The number of carbonyl (C=O) groups excluding carboxylic acids is 2. The maximum Gasteiger partial charge on any atom is 0.300 e. The number of aliphatic hydroxyl groups excluding tert-OH is 1. The second kappa shape index (κ2) is 7.94. The molecule has 1 aromatic heterocycles. The Morgan fingerprint density at radius 3 is 2.52 bits per heavy atom. The van der Waals surface area contributed by atoms with Crippen LogP contribution in [0.4, 0.5) is 10.1 Å². The molecular weight excluding hydrogens is 423 g/mol. The van der Waals surface area contributed by atoms with E-state index in [0.29, 0.717) is 16.9 Å². The van der Waals surface area contributed by atoms with Crippen LogP contribution >= 0.6 is 0 Å². The van der Waals surface area contributed by atoms with Gasteiger partial charge in [-0.2, -0.15) is 0 Å². The summed E-state index contributed by atoms with van der Waals surface area (Å²) in [6, 6.07) is 18.5. The van der Waals surface area contributed by atoms with Crippen molar-refractivity contribution in [3.63, 3.8) is 0 Å². The number of amides is 1. The maximum absolute atomic E-state index is 14.1. The summed E-state index contributed by atoms with van der Waals surface area (Å²) in [5, 5.41) is 12.0. The molecule has 1 aliphatic heterocycles. The number of para-hydroxylation sites is 1. The molecule has 1 amide bonds. The smallest absolute Gasteiger partial charge is 0.300 e. The van der Waals surface area contributed by atoms with Gasteiger partial charge in [0.1, 0.15) is 17.3 Å². The Balaban J connectivity index is 1.76. The number of ketones is 1. The van der Waals surface area contributed by atoms with Crippen molar-refractivity contribution in [2.45, 2.75) is 6.04 Å². The Labute approximate surface area is 188 Å². The largest absolute Gasteiger partial charge is 0.507 e. The molecule has 0 aliphatic carbocycles. The van der Waals surface area contributed by atoms with Crippen LogP contribution in [0.1, 0.15) is 17.2 Å². The minimum absolute atomic E-state index is 0.0702. The predicted octanol–water partition coefficient (Wildman–Crippen LogP) is 4.94. The second-order valence-corrected chi connectivity index (χ2v) is 7.67. The number of halogens is 1. The van der Waals surface area contributed by atoms with Crippen LogP contribution in [-0.2, 0) is 9.59 Å². The molecule has 0 radical (unpaired) electrons. The molecule has 2 heterocycles. The molecule has 5 rings (SSSR count). The minimum Gasteiger partial charge on any atom is -0.507 e. The van der Waals surface area contributed by atoms with E-state index in [-0.39, 0.29) is 17.0 Å². The van der Waals surface area contributed by atoms with Crippen LogP contribution in [0.5, 0.6) is 5.75 Å². The molecule has 6 nitrogen and oxygen atoms in total. The number of rotatable bonds is 4. The second-order valence-electron chi connectivity index (χ2n) is 7.67. The molecule has 0 bridgehead atoms. The van der Waals surface area contributed by atoms with Crippen molar-refractivity contribution < 1.29 is 23.8 Å². The number of fused-ring (bicyclic) bond motifs is 1. The number of nitrogens with zero attached hydrogens (tertiary/aromatic N) is 1. The van der Waals surface area contributed by atoms with E-state index in [2.05, 4.69) is 4.98 Å². The minimum atomic E-state index is -0.954. The number of ether oxygens (including phenoxy) is 1. The summed E-state index contributed by atoms with van der Waals surface area (Å²) < 4.78 is 19.2. The molecule has 3 aromatic carbocycles. The third-order valence-corrected chi connectivity index (χ3v) is 5.81. The number of H-pyrrole nitrogens is 1. The van der Waals surface area contributed by atoms with Gasteiger partial charge in [0.15, 0.2) is 0 Å². The van der Waals surface area contributed by atoms with E-state index < -0.39 is 23.5 Å². The van der Waals surface area contributed by atoms with Gasteiger partial charge in [-0.25, -0.2) is 4.39 Å². The van der Waals surface area contributed by atoms with Gasteiger partial charge in [0.25, 0.3) is 11.7 Å². The highest BCUT2D eigenvalue weighted by Crippen LogP contribution is 2.44. The molecule has 4 aromatic rings. The Kier molecular flexibility index (Phi) is 4.94. The molecule has 2 N–H and O–H groups in total. The van der Waals surface area contributed by atoms with Crippen molar-refractivity contribution in [1.29, 1.82) is 0 Å². The monoisotopic (exact) mass is 442 g/mol. The fraction of sp³-hybridized carbons (Fsp3) is 0.0769. The summed E-state index contributed by atoms with van der Waals surface area (Å²) in [4.78, 5) is 30.8. The third-order valence-electron chi connectivity index (χ3n) is 5.81. The number of aliphatic hydroxyl groups is 1. The zero-order chi connectivity index (χ0) is 23.1. The average molecular weight is 442 g/mol. The van der Waals surface area contributed by atoms with E-state index in [0.717, 1.165) is 10.9 Å². The standard InChI is InChI=1S/C26H19FN2O4/c1-33-18-11-9-15(10-12-18)24(30)22-23(20-14-28-21-8-3-2-7-19(20)21)29(26(32)25(22)31)17-6-4-5-16(27)13-17/h2-14,23,28,30H,1H3/b24-22+. The van der Waals surface area contributed by atoms with Crippen molar-refractivity contribution in [1.82, 2.24) is 4.98 Å². The number of methoxy groups -OCH3 is 1. The van der Waals surface area contributed by atoms with Crippen LogP contribution in [-0.4, -0.2) is 28.9 Å². The number of aromatic amines is 1. The van der Waals surface area contributed by atoms with Gasteiger partial charge in [0.2, 0.25) is 0 Å². The number of aromatic nitrogens is 1. The van der Waals surface area contributed by atoms with Crippen LogP contribution < -0.4 is 9.64 Å². The number of hydrogen-bond donors (Lipinski definition) is 2. The van der Waals surface area contributed by atoms with Gasteiger partial charge in [-0.05, 0) is 48.5 Å². The van der Waals surface area contributed by atoms with Gasteiger partial charge in [-0.15, -0.1) is 0 Å². The first-order chi connectivity index (χ1) is 16.0. The van der Waals surface area contributed by atoms with E-state index in [1.807, 2.05) is 24.3 Å². The SMILES string of the molecule is COc1ccc(/C(O)=C2\C(=O)C(=O)N(c3cccc(F)c3)C2c2c[nH]c3ccccc23)cc1. The van der Waals surface area contributed by atoms with Gasteiger partial charge in [0, 0.05) is 33.9 Å². The summed E-state index contributed by atoms with van der Waals surface area (Å²) in [5.41, 5.74) is 1.93. The highest BCUT2D eigenvalue weighted by molar-refractivity contribution is 6.51. The Bertz CT molecular complexity index is 1420. The first-order valence-corrected chi connectivity index (χ1v) is 10.3. The van der Waals surface area contributed by atoms with E-state index in [1.165, 1.54) is 30.2 Å². The predicted molar refractivity (Wildman–Crippen MR) is 122 cm³/mol. The number of benzene rings is 3. The molecule has 0 saturated carbocycles. The Hall–Kier alpha value is -4.39. The van der Waals surface area contributed by atoms with Crippen molar-refractivity contribution in [2.24, 2.45) is 0 Å². The highest BCUT2D eigenvalue weighted by Gasteiger charge is 2.47. The molecule has 164 valence electrons. The number of Topliss-reactive ketones (excluding diaryl/α,β-unsaturated/α-hetero) is 1. The number of hydrogen-bond acceptors (Lipinski definition) is 4. The van der Waals surface area contributed by atoms with Gasteiger partial charge in [-0.1, -0.05) is 24.3 Å². The van der Waals surface area contributed by atoms with Crippen LogP contribution in [0, 0.1) is 5.82 Å². The van der Waals surface area contributed by atoms with Gasteiger partial charge < -0.3 is 14.8 Å². The van der Waals surface area contributed by atoms with E-state index in [9.17, 15) is 19.1 Å². The first-order valence-electron chi connectivity index (χ1n) is 10.3. The molecule has 33 heavy (non-hydrogen) atoms. The lowest BCUT2D eigenvalue weighted by atomic mass is 9.94. The van der Waals surface area contributed by atoms with Crippen LogP contribution in [0.3, 0.4) is 0 Å². The average Bonchev–Trinajstić information content (AvgIpc) is 3.37. The lowest BCUT2D eigenvalue weighted by molar-refractivity contribution is -0.132. The first kappa shape index (κ1) is 20.5. The van der Waals surface area contributed by atoms with E-state index >= 15 is 0 Å². The number of carbonyl (C=O) groups is 2. The highest BCUT2D eigenvalue weighted by atomic mass is 19.1. The number of nitrogens with one attached hydrogen (secondary N) is 1. The lowest BCUT2D eigenvalue weighted by Crippen LogP contribution is -2.29. The van der Waals surface area contributed by atoms with E-state index in [1.54, 1.807) is 36.5 Å². The maximum atomic E-state index is 14.1. The zero-order valence-corrected chi connectivity index (χ0v) is 17.6. The lowest BCUT2D eigenvalue weighted by Gasteiger charge is -2.25. The van der Waals surface area contributed by atoms with E-state index in [4.69, 9.17) is 4.74 Å². The fourth-order valence-corrected chi connectivity index (χ4v) is 4.24. The van der Waals surface area contributed by atoms with Gasteiger partial charge in [0.05, 0.1) is 18.7 Å². The normalized spacial score (nSPS) is 17.6. The Morgan fingerprint density at radius 2 is 1.79 bits per heavy atom. The van der Waals surface area contributed by atoms with Crippen molar-refractivity contribution >= 4 is 34.0 Å². The molecule has 1 fully saturated rings. The van der Waals surface area contributed by atoms with Crippen molar-refractivity contribution in [3.8, 4) is 5.75 Å². The summed E-state index contributed by atoms with van der Waals surface area (Å²) in [7, 11) is 1.52. The molecule has 1 unspecified atom stereocenters. The van der Waals surface area contributed by atoms with Crippen LogP contribution in [0.25, 0.3) is 16.7 Å². The quantitative estimate of drug-likeness (QED) is 0.266. The molecule has 7 heteroatoms. The number of anilines is 1. The summed E-state index contributed by atoms with van der Waals surface area (Å²) >= 11 is 0. The van der Waals surface area contributed by atoms with Crippen LogP contribution in [0.15, 0.2) is 84.6 Å². The molecule has 1 saturated heterocycles. The topological polar surface area (TPSA) is 82.6 Å². The fourth-order valence-electron chi connectivity index (χ4n) is 4.24. The molecular formula is C26H19FN2O4. The summed E-state index contributed by atoms with van der Waals surface area (Å²) in [6.45, 7) is 0. The van der Waals surface area contributed by atoms with Gasteiger partial charge >= 0.3 is 0 Å². The summed E-state index contributed by atoms with van der Waals surface area (Å²) in [6.07, 6.45) is 1.70. The third kappa shape index (κ3) is 3.34. The van der Waals surface area contributed by atoms with Crippen LogP contribution in [0.2, 0.25) is 0 Å².